The highest BCUT2D eigenvalue weighted by molar-refractivity contribution is 5.91. The van der Waals surface area contributed by atoms with Crippen LogP contribution in [0.2, 0.25) is 0 Å². The molecule has 2 aliphatic carbocycles. The van der Waals surface area contributed by atoms with Crippen molar-refractivity contribution in [1.82, 2.24) is 15.5 Å². The second kappa shape index (κ2) is 11.7. The smallest absolute Gasteiger partial charge is 0.352 e. The first-order valence-electron chi connectivity index (χ1n) is 15.5. The van der Waals surface area contributed by atoms with Crippen molar-refractivity contribution in [2.75, 3.05) is 20.7 Å². The third-order valence-electron chi connectivity index (χ3n) is 9.86. The largest absolute Gasteiger partial charge is 0.493 e. The number of likely N-dealkylation sites (N-methyl/N-ethyl adjacent to an activating group) is 1. The van der Waals surface area contributed by atoms with E-state index in [2.05, 4.69) is 15.5 Å². The summed E-state index contributed by atoms with van der Waals surface area (Å²) in [7, 11) is 3.57. The van der Waals surface area contributed by atoms with E-state index in [0.29, 0.717) is 29.9 Å². The lowest BCUT2D eigenvalue weighted by atomic mass is 9.50. The number of carbonyl (C=O) groups excluding carboxylic acids is 4. The van der Waals surface area contributed by atoms with Gasteiger partial charge in [-0.25, -0.2) is 9.59 Å². The van der Waals surface area contributed by atoms with Crippen LogP contribution in [0.4, 0.5) is 0 Å². The highest BCUT2D eigenvalue weighted by Crippen LogP contribution is 2.65. The third kappa shape index (κ3) is 4.91. The van der Waals surface area contributed by atoms with E-state index in [-0.39, 0.29) is 18.2 Å². The van der Waals surface area contributed by atoms with Crippen LogP contribution in [0.5, 0.6) is 11.5 Å². The Morgan fingerprint density at radius 1 is 1.07 bits per heavy atom. The van der Waals surface area contributed by atoms with Crippen molar-refractivity contribution < 1.29 is 43.2 Å². The Kier molecular flexibility index (Phi) is 8.06. The number of rotatable bonds is 9. The van der Waals surface area contributed by atoms with Crippen molar-refractivity contribution in [2.24, 2.45) is 0 Å². The number of hydrogen-bond donors (Lipinski definition) is 3. The standard InChI is InChI=1S/C34H39N3O9/c1-18(35-30(39)27(36-20(3)38)21-9-7-6-8-10-21)31(40)44-19(2)32(41)45-24-13-14-34(42)25-17-22-11-12-23(43-5)28-26(22)33(34,29(24)46-28)15-16-37(25)4/h6-13,18-19,25,27,29,42H,14-17H2,1-5H3,(H,35,39)(H,36,38)/t18-,19-,25-,27-,29-,33-,34+/m0/s1. The van der Waals surface area contributed by atoms with Crippen LogP contribution in [-0.2, 0) is 40.5 Å². The number of hydrogen-bond acceptors (Lipinski definition) is 10. The van der Waals surface area contributed by atoms with E-state index >= 15 is 0 Å². The minimum absolute atomic E-state index is 0.156. The Labute approximate surface area is 267 Å². The van der Waals surface area contributed by atoms with Crippen LogP contribution in [0.3, 0.4) is 0 Å². The quantitative estimate of drug-likeness (QED) is 0.349. The van der Waals surface area contributed by atoms with Crippen LogP contribution in [0, 0.1) is 0 Å². The number of piperidine rings is 1. The summed E-state index contributed by atoms with van der Waals surface area (Å²) in [5.41, 5.74) is 0.496. The van der Waals surface area contributed by atoms with Crippen LogP contribution < -0.4 is 20.1 Å². The molecular weight excluding hydrogens is 594 g/mol. The Morgan fingerprint density at radius 3 is 2.50 bits per heavy atom. The molecule has 0 aromatic heterocycles. The van der Waals surface area contributed by atoms with Crippen LogP contribution >= 0.6 is 0 Å². The van der Waals surface area contributed by atoms with Gasteiger partial charge in [0.15, 0.2) is 23.7 Å². The highest BCUT2D eigenvalue weighted by atomic mass is 16.6. The zero-order valence-corrected chi connectivity index (χ0v) is 26.5. The predicted octanol–water partition coefficient (Wildman–Crippen LogP) is 1.83. The maximum Gasteiger partial charge on any atom is 0.352 e. The van der Waals surface area contributed by atoms with Crippen molar-refractivity contribution in [3.63, 3.8) is 0 Å². The van der Waals surface area contributed by atoms with Crippen LogP contribution in [0.1, 0.15) is 56.3 Å². The van der Waals surface area contributed by atoms with E-state index < -0.39 is 59.1 Å². The van der Waals surface area contributed by atoms with Gasteiger partial charge in [0.25, 0.3) is 0 Å². The van der Waals surface area contributed by atoms with Crippen molar-refractivity contribution in [3.8, 4) is 11.5 Å². The SMILES string of the molecule is COc1ccc2c3c1O[C@H]1C(OC(=O)[C@H](C)OC(=O)[C@H](C)NC(=O)[C@@H](NC(C)=O)c4ccccc4)=CC[C@@]4(O)[C@H](C2)N(C)CC[C@]314. The number of amides is 2. The number of aliphatic hydroxyl groups is 1. The van der Waals surface area contributed by atoms with Crippen LogP contribution in [0.25, 0.3) is 0 Å². The van der Waals surface area contributed by atoms with Crippen molar-refractivity contribution in [1.29, 1.82) is 0 Å². The summed E-state index contributed by atoms with van der Waals surface area (Å²) in [4.78, 5) is 53.2. The number of likely N-dealkylation sites (tertiary alicyclic amines) is 1. The van der Waals surface area contributed by atoms with Crippen molar-refractivity contribution in [3.05, 3.63) is 71.0 Å². The summed E-state index contributed by atoms with van der Waals surface area (Å²) in [6.45, 7) is 4.81. The molecule has 2 aliphatic heterocycles. The van der Waals surface area contributed by atoms with Crippen LogP contribution in [0.15, 0.2) is 54.3 Å². The maximum absolute atomic E-state index is 13.3. The molecule has 12 heteroatoms. The second-order valence-electron chi connectivity index (χ2n) is 12.6. The molecule has 3 N–H and O–H groups in total. The Bertz CT molecular complexity index is 1610. The monoisotopic (exact) mass is 633 g/mol. The minimum atomic E-state index is -1.32. The lowest BCUT2D eigenvalue weighted by molar-refractivity contribution is -0.176. The number of ether oxygens (including phenoxy) is 4. The molecule has 2 aromatic rings. The average Bonchev–Trinajstić information content (AvgIpc) is 3.39. The third-order valence-corrected chi connectivity index (χ3v) is 9.86. The summed E-state index contributed by atoms with van der Waals surface area (Å²) in [5, 5.41) is 17.5. The molecule has 0 saturated carbocycles. The summed E-state index contributed by atoms with van der Waals surface area (Å²) >= 11 is 0. The van der Waals surface area contributed by atoms with Crippen molar-refractivity contribution in [2.45, 2.75) is 81.4 Å². The highest BCUT2D eigenvalue weighted by Gasteiger charge is 2.72. The zero-order chi connectivity index (χ0) is 33.0. The summed E-state index contributed by atoms with van der Waals surface area (Å²) in [6.07, 6.45) is 1.05. The van der Waals surface area contributed by atoms with E-state index in [1.54, 1.807) is 43.5 Å². The maximum atomic E-state index is 13.3. The molecule has 4 aliphatic rings. The number of nitrogens with one attached hydrogen (secondary N) is 2. The first-order valence-corrected chi connectivity index (χ1v) is 15.5. The van der Waals surface area contributed by atoms with Gasteiger partial charge in [0.2, 0.25) is 11.8 Å². The topological polar surface area (TPSA) is 153 Å². The van der Waals surface area contributed by atoms with Crippen LogP contribution in [-0.4, -0.2) is 84.4 Å². The molecule has 12 nitrogen and oxygen atoms in total. The summed E-state index contributed by atoms with van der Waals surface area (Å²) in [5.74, 6) is -1.38. The molecule has 1 spiro atoms. The Morgan fingerprint density at radius 2 is 1.80 bits per heavy atom. The molecule has 2 aromatic carbocycles. The molecule has 2 bridgehead atoms. The molecule has 2 amide bonds. The molecule has 46 heavy (non-hydrogen) atoms. The molecule has 7 atom stereocenters. The minimum Gasteiger partial charge on any atom is -0.493 e. The van der Waals surface area contributed by atoms with E-state index in [9.17, 15) is 24.3 Å². The fourth-order valence-corrected chi connectivity index (χ4v) is 7.62. The van der Waals surface area contributed by atoms with Gasteiger partial charge in [0.05, 0.1) is 18.1 Å². The average molecular weight is 634 g/mol. The fraction of sp³-hybridized carbons (Fsp3) is 0.471. The molecule has 2 heterocycles. The van der Waals surface area contributed by atoms with Gasteiger partial charge in [0.1, 0.15) is 17.8 Å². The van der Waals surface area contributed by atoms with Crippen molar-refractivity contribution >= 4 is 23.8 Å². The van der Waals surface area contributed by atoms with Gasteiger partial charge in [0, 0.05) is 24.9 Å². The number of nitrogens with zero attached hydrogens (tertiary/aromatic N) is 1. The van der Waals surface area contributed by atoms with Gasteiger partial charge < -0.3 is 39.6 Å². The zero-order valence-electron chi connectivity index (χ0n) is 26.5. The van der Waals surface area contributed by atoms with E-state index in [1.807, 2.05) is 19.2 Å². The first kappa shape index (κ1) is 31.6. The number of carbonyl (C=O) groups is 4. The van der Waals surface area contributed by atoms with Gasteiger partial charge in [-0.1, -0.05) is 36.4 Å². The van der Waals surface area contributed by atoms with Gasteiger partial charge in [-0.2, -0.15) is 0 Å². The fourth-order valence-electron chi connectivity index (χ4n) is 7.62. The lowest BCUT2D eigenvalue weighted by Gasteiger charge is -2.61. The Hall–Kier alpha value is -4.42. The van der Waals surface area contributed by atoms with E-state index in [0.717, 1.165) is 17.7 Å². The summed E-state index contributed by atoms with van der Waals surface area (Å²) < 4.78 is 23.4. The summed E-state index contributed by atoms with van der Waals surface area (Å²) in [6, 6.07) is 10.2. The number of methoxy groups -OCH3 is 1. The van der Waals surface area contributed by atoms with E-state index in [4.69, 9.17) is 18.9 Å². The van der Waals surface area contributed by atoms with Gasteiger partial charge >= 0.3 is 11.9 Å². The van der Waals surface area contributed by atoms with E-state index in [1.165, 1.54) is 20.8 Å². The van der Waals surface area contributed by atoms with Gasteiger partial charge in [-0.3, -0.25) is 9.59 Å². The van der Waals surface area contributed by atoms with Gasteiger partial charge in [-0.15, -0.1) is 0 Å². The number of benzene rings is 2. The molecular formula is C34H39N3O9. The second-order valence-corrected chi connectivity index (χ2v) is 12.6. The molecule has 0 unspecified atom stereocenters. The molecule has 0 radical (unpaired) electrons. The first-order chi connectivity index (χ1) is 21.9. The molecule has 1 saturated heterocycles. The number of esters is 2. The normalized spacial score (nSPS) is 27.5. The molecule has 6 rings (SSSR count). The molecule has 244 valence electrons. The Balaban J connectivity index is 1.16. The van der Waals surface area contributed by atoms with Gasteiger partial charge in [-0.05, 0) is 63.6 Å². The lowest BCUT2D eigenvalue weighted by Crippen LogP contribution is -2.74. The predicted molar refractivity (Wildman–Crippen MR) is 164 cm³/mol. The molecule has 1 fully saturated rings.